The fourth-order valence-electron chi connectivity index (χ4n) is 2.92. The number of hydrogen-bond acceptors (Lipinski definition) is 2. The van der Waals surface area contributed by atoms with E-state index in [1.54, 1.807) is 0 Å². The van der Waals surface area contributed by atoms with Gasteiger partial charge in [0.15, 0.2) is 0 Å². The summed E-state index contributed by atoms with van der Waals surface area (Å²) in [5.41, 5.74) is 1.61. The number of hydrogen-bond donors (Lipinski definition) is 0. The molecule has 1 fully saturated rings. The van der Waals surface area contributed by atoms with Crippen molar-refractivity contribution >= 4 is 5.91 Å². The number of piperidine rings is 1. The molecule has 19 heavy (non-hydrogen) atoms. The molecule has 2 rings (SSSR count). The van der Waals surface area contributed by atoms with Crippen LogP contribution in [0.2, 0.25) is 0 Å². The summed E-state index contributed by atoms with van der Waals surface area (Å²) < 4.78 is 0. The second kappa shape index (κ2) is 5.88. The normalized spacial score (nSPS) is 22.9. The Labute approximate surface area is 114 Å². The average molecular weight is 256 g/mol. The molecule has 1 aliphatic heterocycles. The number of rotatable bonds is 2. The zero-order chi connectivity index (χ0) is 13.8. The number of nitriles is 1. The van der Waals surface area contributed by atoms with E-state index in [9.17, 15) is 4.79 Å². The average Bonchev–Trinajstić information content (AvgIpc) is 2.37. The molecule has 0 radical (unpaired) electrons. The Morgan fingerprint density at radius 3 is 2.68 bits per heavy atom. The van der Waals surface area contributed by atoms with Gasteiger partial charge in [-0.15, -0.1) is 0 Å². The fraction of sp³-hybridized carbons (Fsp3) is 0.500. The van der Waals surface area contributed by atoms with Gasteiger partial charge in [0.25, 0.3) is 5.91 Å². The highest BCUT2D eigenvalue weighted by Crippen LogP contribution is 2.22. The van der Waals surface area contributed by atoms with E-state index in [0.29, 0.717) is 23.8 Å². The van der Waals surface area contributed by atoms with Gasteiger partial charge in [0, 0.05) is 18.7 Å². The van der Waals surface area contributed by atoms with E-state index >= 15 is 0 Å². The molecule has 0 N–H and O–H groups in total. The molecule has 1 aliphatic rings. The fourth-order valence-corrected chi connectivity index (χ4v) is 2.92. The van der Waals surface area contributed by atoms with Gasteiger partial charge in [-0.2, -0.15) is 5.26 Å². The van der Waals surface area contributed by atoms with Gasteiger partial charge in [-0.3, -0.25) is 4.79 Å². The van der Waals surface area contributed by atoms with Crippen molar-refractivity contribution in [3.63, 3.8) is 0 Å². The predicted molar refractivity (Wildman–Crippen MR) is 74.6 cm³/mol. The Morgan fingerprint density at radius 2 is 2.05 bits per heavy atom. The third-order valence-corrected chi connectivity index (χ3v) is 3.61. The monoisotopic (exact) mass is 256 g/mol. The number of likely N-dealkylation sites (tertiary alicyclic amines) is 1. The lowest BCUT2D eigenvalue weighted by Gasteiger charge is -2.35. The standard InChI is InChI=1S/C16H20N2O/c1-12-8-13(2)11-18(10-12)16(19)15-5-3-4-14(9-15)6-7-17/h3-5,9,12-13H,6,8,10-11H2,1-2H3. The minimum Gasteiger partial charge on any atom is -0.338 e. The predicted octanol–water partition coefficient (Wildman–Crippen LogP) is 2.87. The molecule has 0 saturated carbocycles. The van der Waals surface area contributed by atoms with Crippen molar-refractivity contribution in [1.29, 1.82) is 5.26 Å². The van der Waals surface area contributed by atoms with Crippen LogP contribution < -0.4 is 0 Å². The maximum absolute atomic E-state index is 12.5. The van der Waals surface area contributed by atoms with Crippen LogP contribution in [0.1, 0.15) is 36.2 Å². The Kier molecular flexibility index (Phi) is 4.21. The topological polar surface area (TPSA) is 44.1 Å². The molecule has 1 aromatic carbocycles. The van der Waals surface area contributed by atoms with Gasteiger partial charge in [-0.05, 0) is 36.0 Å². The highest BCUT2D eigenvalue weighted by atomic mass is 16.2. The van der Waals surface area contributed by atoms with Crippen LogP contribution in [-0.4, -0.2) is 23.9 Å². The summed E-state index contributed by atoms with van der Waals surface area (Å²) in [4.78, 5) is 14.4. The largest absolute Gasteiger partial charge is 0.338 e. The quantitative estimate of drug-likeness (QED) is 0.816. The molecule has 1 amide bonds. The molecule has 0 bridgehead atoms. The molecular formula is C16H20N2O. The van der Waals surface area contributed by atoms with Crippen molar-refractivity contribution in [2.75, 3.05) is 13.1 Å². The lowest BCUT2D eigenvalue weighted by molar-refractivity contribution is 0.0623. The van der Waals surface area contributed by atoms with Gasteiger partial charge in [-0.25, -0.2) is 0 Å². The summed E-state index contributed by atoms with van der Waals surface area (Å²) >= 11 is 0. The van der Waals surface area contributed by atoms with E-state index in [1.165, 1.54) is 6.42 Å². The van der Waals surface area contributed by atoms with Crippen molar-refractivity contribution in [2.24, 2.45) is 11.8 Å². The molecule has 100 valence electrons. The first-order valence-electron chi connectivity index (χ1n) is 6.85. The van der Waals surface area contributed by atoms with E-state index in [0.717, 1.165) is 18.7 Å². The number of carbonyl (C=O) groups excluding carboxylic acids is 1. The summed E-state index contributed by atoms with van der Waals surface area (Å²) in [6.07, 6.45) is 1.55. The first-order chi connectivity index (χ1) is 9.10. The van der Waals surface area contributed by atoms with Crippen LogP contribution in [0.25, 0.3) is 0 Å². The highest BCUT2D eigenvalue weighted by Gasteiger charge is 2.26. The molecule has 3 nitrogen and oxygen atoms in total. The minimum absolute atomic E-state index is 0.0955. The molecule has 1 aromatic rings. The van der Waals surface area contributed by atoms with E-state index < -0.39 is 0 Å². The second-order valence-corrected chi connectivity index (χ2v) is 5.69. The van der Waals surface area contributed by atoms with Crippen molar-refractivity contribution in [2.45, 2.75) is 26.7 Å². The van der Waals surface area contributed by atoms with Crippen LogP contribution >= 0.6 is 0 Å². The lowest BCUT2D eigenvalue weighted by atomic mass is 9.91. The van der Waals surface area contributed by atoms with Crippen molar-refractivity contribution in [3.8, 4) is 6.07 Å². The van der Waals surface area contributed by atoms with Gasteiger partial charge in [0.2, 0.25) is 0 Å². The smallest absolute Gasteiger partial charge is 0.253 e. The first-order valence-corrected chi connectivity index (χ1v) is 6.85. The maximum atomic E-state index is 12.5. The molecule has 0 spiro atoms. The van der Waals surface area contributed by atoms with Crippen LogP contribution in [-0.2, 0) is 6.42 Å². The summed E-state index contributed by atoms with van der Waals surface area (Å²) in [6.45, 7) is 6.07. The Bertz CT molecular complexity index is 494. The van der Waals surface area contributed by atoms with Crippen LogP contribution in [0.4, 0.5) is 0 Å². The van der Waals surface area contributed by atoms with Gasteiger partial charge in [0.05, 0.1) is 12.5 Å². The first kappa shape index (κ1) is 13.6. The highest BCUT2D eigenvalue weighted by molar-refractivity contribution is 5.94. The number of carbonyl (C=O) groups is 1. The SMILES string of the molecule is CC1CC(C)CN(C(=O)c2cccc(CC#N)c2)C1. The summed E-state index contributed by atoms with van der Waals surface area (Å²) in [5.74, 6) is 1.23. The van der Waals surface area contributed by atoms with Crippen LogP contribution in [0, 0.1) is 23.2 Å². The van der Waals surface area contributed by atoms with Gasteiger partial charge >= 0.3 is 0 Å². The third kappa shape index (κ3) is 3.35. The Hall–Kier alpha value is -1.82. The molecule has 0 aromatic heterocycles. The molecule has 3 heteroatoms. The van der Waals surface area contributed by atoms with E-state index in [4.69, 9.17) is 5.26 Å². The molecule has 1 heterocycles. The number of benzene rings is 1. The van der Waals surface area contributed by atoms with E-state index in [2.05, 4.69) is 19.9 Å². The summed E-state index contributed by atoms with van der Waals surface area (Å²) in [7, 11) is 0. The minimum atomic E-state index is 0.0955. The van der Waals surface area contributed by atoms with Crippen LogP contribution in [0.5, 0.6) is 0 Å². The van der Waals surface area contributed by atoms with Crippen molar-refractivity contribution in [3.05, 3.63) is 35.4 Å². The number of nitrogens with zero attached hydrogens (tertiary/aromatic N) is 2. The third-order valence-electron chi connectivity index (χ3n) is 3.61. The summed E-state index contributed by atoms with van der Waals surface area (Å²) in [5, 5.41) is 8.72. The zero-order valence-corrected chi connectivity index (χ0v) is 11.6. The van der Waals surface area contributed by atoms with Gasteiger partial charge < -0.3 is 4.90 Å². The molecule has 0 aliphatic carbocycles. The van der Waals surface area contributed by atoms with Crippen LogP contribution in [0.15, 0.2) is 24.3 Å². The Balaban J connectivity index is 2.15. The van der Waals surface area contributed by atoms with Crippen molar-refractivity contribution < 1.29 is 4.79 Å². The molecule has 2 unspecified atom stereocenters. The van der Waals surface area contributed by atoms with E-state index in [-0.39, 0.29) is 5.91 Å². The summed E-state index contributed by atoms with van der Waals surface area (Å²) in [6, 6.07) is 9.55. The van der Waals surface area contributed by atoms with E-state index in [1.807, 2.05) is 29.2 Å². The molecule has 2 atom stereocenters. The zero-order valence-electron chi connectivity index (χ0n) is 11.6. The Morgan fingerprint density at radius 1 is 1.37 bits per heavy atom. The van der Waals surface area contributed by atoms with Gasteiger partial charge in [-0.1, -0.05) is 26.0 Å². The molecule has 1 saturated heterocycles. The van der Waals surface area contributed by atoms with Crippen molar-refractivity contribution in [1.82, 2.24) is 4.90 Å². The maximum Gasteiger partial charge on any atom is 0.253 e. The van der Waals surface area contributed by atoms with Gasteiger partial charge in [0.1, 0.15) is 0 Å². The number of amides is 1. The lowest BCUT2D eigenvalue weighted by Crippen LogP contribution is -2.42. The van der Waals surface area contributed by atoms with Crippen LogP contribution in [0.3, 0.4) is 0 Å². The second-order valence-electron chi connectivity index (χ2n) is 5.69. The molecular weight excluding hydrogens is 236 g/mol.